The van der Waals surface area contributed by atoms with Crippen LogP contribution in [0.4, 0.5) is 4.39 Å². The first-order chi connectivity index (χ1) is 10.7. The van der Waals surface area contributed by atoms with E-state index in [1.807, 2.05) is 13.0 Å². The van der Waals surface area contributed by atoms with Gasteiger partial charge in [0.1, 0.15) is 5.82 Å². The van der Waals surface area contributed by atoms with Crippen molar-refractivity contribution in [2.45, 2.75) is 33.1 Å². The van der Waals surface area contributed by atoms with Crippen LogP contribution < -0.4 is 10.6 Å². The third-order valence-electron chi connectivity index (χ3n) is 3.40. The fraction of sp³-hybridized carbons (Fsp3) is 0.588. The zero-order valence-corrected chi connectivity index (χ0v) is 13.9. The van der Waals surface area contributed by atoms with Crippen LogP contribution in [0.1, 0.15) is 30.9 Å². The Morgan fingerprint density at radius 2 is 2.00 bits per heavy atom. The Kier molecular flexibility index (Phi) is 9.23. The van der Waals surface area contributed by atoms with Gasteiger partial charge in [-0.3, -0.25) is 4.99 Å². The largest absolute Gasteiger partial charge is 0.380 e. The number of nitrogens with one attached hydrogen (secondary N) is 2. The van der Waals surface area contributed by atoms with Crippen LogP contribution in [0.2, 0.25) is 0 Å². The highest BCUT2D eigenvalue weighted by Crippen LogP contribution is 2.10. The summed E-state index contributed by atoms with van der Waals surface area (Å²) in [6.07, 6.45) is 3.09. The lowest BCUT2D eigenvalue weighted by Crippen LogP contribution is -2.39. The van der Waals surface area contributed by atoms with Crippen LogP contribution in [0.5, 0.6) is 0 Å². The van der Waals surface area contributed by atoms with Crippen LogP contribution in [0, 0.1) is 12.7 Å². The lowest BCUT2D eigenvalue weighted by atomic mass is 10.1. The summed E-state index contributed by atoms with van der Waals surface area (Å²) in [6.45, 7) is 7.06. The molecule has 22 heavy (non-hydrogen) atoms. The summed E-state index contributed by atoms with van der Waals surface area (Å²) in [5, 5.41) is 6.46. The van der Waals surface area contributed by atoms with E-state index in [0.29, 0.717) is 6.61 Å². The van der Waals surface area contributed by atoms with Crippen LogP contribution in [-0.2, 0) is 11.2 Å². The molecular weight excluding hydrogens is 281 g/mol. The van der Waals surface area contributed by atoms with E-state index in [0.717, 1.165) is 56.0 Å². The van der Waals surface area contributed by atoms with Gasteiger partial charge in [0.05, 0.1) is 6.61 Å². The van der Waals surface area contributed by atoms with E-state index >= 15 is 0 Å². The molecule has 0 fully saturated rings. The number of ether oxygens (including phenoxy) is 1. The maximum atomic E-state index is 13.0. The molecule has 0 atom stereocenters. The molecule has 124 valence electrons. The van der Waals surface area contributed by atoms with Crippen molar-refractivity contribution in [2.24, 2.45) is 4.99 Å². The van der Waals surface area contributed by atoms with Crippen LogP contribution in [0.15, 0.2) is 23.2 Å². The molecule has 0 amide bonds. The summed E-state index contributed by atoms with van der Waals surface area (Å²) >= 11 is 0. The molecular formula is C17H28FN3O. The first-order valence-corrected chi connectivity index (χ1v) is 7.94. The fourth-order valence-electron chi connectivity index (χ4n) is 2.07. The average molecular weight is 309 g/mol. The van der Waals surface area contributed by atoms with Gasteiger partial charge in [-0.1, -0.05) is 19.4 Å². The van der Waals surface area contributed by atoms with Gasteiger partial charge in [0.2, 0.25) is 0 Å². The zero-order chi connectivity index (χ0) is 16.2. The molecule has 0 unspecified atom stereocenters. The molecule has 2 N–H and O–H groups in total. The maximum absolute atomic E-state index is 13.0. The highest BCUT2D eigenvalue weighted by molar-refractivity contribution is 5.79. The number of unbranched alkanes of at least 4 members (excludes halogenated alkanes) is 1. The van der Waals surface area contributed by atoms with Gasteiger partial charge in [-0.15, -0.1) is 0 Å². The normalized spacial score (nSPS) is 11.5. The maximum Gasteiger partial charge on any atom is 0.191 e. The van der Waals surface area contributed by atoms with Crippen molar-refractivity contribution < 1.29 is 9.13 Å². The SMILES string of the molecule is CCCCOCCNC(=NC)NCCc1ccc(F)cc1C. The number of benzene rings is 1. The van der Waals surface area contributed by atoms with Crippen LogP contribution in [0.3, 0.4) is 0 Å². The van der Waals surface area contributed by atoms with Crippen molar-refractivity contribution in [3.05, 3.63) is 35.1 Å². The molecule has 0 aliphatic carbocycles. The first kappa shape index (κ1) is 18.4. The second-order valence-electron chi connectivity index (χ2n) is 5.21. The third-order valence-corrected chi connectivity index (χ3v) is 3.40. The van der Waals surface area contributed by atoms with Gasteiger partial charge in [-0.25, -0.2) is 4.39 Å². The van der Waals surface area contributed by atoms with Crippen molar-refractivity contribution in [3.8, 4) is 0 Å². The minimum atomic E-state index is -0.185. The fourth-order valence-corrected chi connectivity index (χ4v) is 2.07. The predicted octanol–water partition coefficient (Wildman–Crippen LogP) is 2.66. The molecule has 5 heteroatoms. The minimum Gasteiger partial charge on any atom is -0.380 e. The standard InChI is InChI=1S/C17H28FN3O/c1-4-5-11-22-12-10-21-17(19-3)20-9-8-15-6-7-16(18)13-14(15)2/h6-7,13H,4-5,8-12H2,1-3H3,(H2,19,20,21). The van der Waals surface area contributed by atoms with Gasteiger partial charge in [0.25, 0.3) is 0 Å². The molecule has 1 aromatic carbocycles. The molecule has 0 heterocycles. The van der Waals surface area contributed by atoms with Gasteiger partial charge in [-0.05, 0) is 43.0 Å². The summed E-state index contributed by atoms with van der Waals surface area (Å²) in [6, 6.07) is 4.91. The van der Waals surface area contributed by atoms with Crippen molar-refractivity contribution >= 4 is 5.96 Å². The van der Waals surface area contributed by atoms with E-state index in [4.69, 9.17) is 4.74 Å². The summed E-state index contributed by atoms with van der Waals surface area (Å²) in [5.41, 5.74) is 2.13. The van der Waals surface area contributed by atoms with E-state index < -0.39 is 0 Å². The number of hydrogen-bond acceptors (Lipinski definition) is 2. The third kappa shape index (κ3) is 7.41. The Balaban J connectivity index is 2.21. The first-order valence-electron chi connectivity index (χ1n) is 7.94. The zero-order valence-electron chi connectivity index (χ0n) is 13.9. The van der Waals surface area contributed by atoms with Gasteiger partial charge in [-0.2, -0.15) is 0 Å². The van der Waals surface area contributed by atoms with E-state index in [1.54, 1.807) is 13.1 Å². The summed E-state index contributed by atoms with van der Waals surface area (Å²) in [4.78, 5) is 4.17. The minimum absolute atomic E-state index is 0.185. The van der Waals surface area contributed by atoms with Crippen molar-refractivity contribution in [1.29, 1.82) is 0 Å². The van der Waals surface area contributed by atoms with Gasteiger partial charge in [0.15, 0.2) is 5.96 Å². The highest BCUT2D eigenvalue weighted by atomic mass is 19.1. The molecule has 0 aliphatic heterocycles. The molecule has 0 bridgehead atoms. The molecule has 1 aromatic rings. The average Bonchev–Trinajstić information content (AvgIpc) is 2.50. The molecule has 1 rings (SSSR count). The van der Waals surface area contributed by atoms with Crippen molar-refractivity contribution in [2.75, 3.05) is 33.4 Å². The predicted molar refractivity (Wildman–Crippen MR) is 89.9 cm³/mol. The van der Waals surface area contributed by atoms with E-state index in [9.17, 15) is 4.39 Å². The second kappa shape index (κ2) is 11.0. The number of aryl methyl sites for hydroxylation is 1. The Morgan fingerprint density at radius 1 is 1.23 bits per heavy atom. The lowest BCUT2D eigenvalue weighted by Gasteiger charge is -2.13. The topological polar surface area (TPSA) is 45.6 Å². The Hall–Kier alpha value is -1.62. The van der Waals surface area contributed by atoms with Gasteiger partial charge < -0.3 is 15.4 Å². The number of aliphatic imine (C=N–C) groups is 1. The Labute approximate surface area is 133 Å². The van der Waals surface area contributed by atoms with E-state index in [2.05, 4.69) is 22.5 Å². The molecule has 0 saturated carbocycles. The number of halogens is 1. The lowest BCUT2D eigenvalue weighted by molar-refractivity contribution is 0.136. The van der Waals surface area contributed by atoms with Crippen LogP contribution in [0.25, 0.3) is 0 Å². The van der Waals surface area contributed by atoms with Crippen molar-refractivity contribution in [3.63, 3.8) is 0 Å². The number of nitrogens with zero attached hydrogens (tertiary/aromatic N) is 1. The molecule has 0 spiro atoms. The highest BCUT2D eigenvalue weighted by Gasteiger charge is 2.01. The molecule has 0 aliphatic rings. The van der Waals surface area contributed by atoms with Crippen LogP contribution >= 0.6 is 0 Å². The number of rotatable bonds is 9. The summed E-state index contributed by atoms with van der Waals surface area (Å²) in [7, 11) is 1.75. The molecule has 0 aromatic heterocycles. The number of hydrogen-bond donors (Lipinski definition) is 2. The quantitative estimate of drug-likeness (QED) is 0.419. The van der Waals surface area contributed by atoms with E-state index in [1.165, 1.54) is 6.07 Å². The Bertz CT molecular complexity index is 463. The molecule has 0 radical (unpaired) electrons. The van der Waals surface area contributed by atoms with Gasteiger partial charge >= 0.3 is 0 Å². The van der Waals surface area contributed by atoms with Gasteiger partial charge in [0, 0.05) is 26.7 Å². The monoisotopic (exact) mass is 309 g/mol. The summed E-state index contributed by atoms with van der Waals surface area (Å²) < 4.78 is 18.5. The number of guanidine groups is 1. The summed E-state index contributed by atoms with van der Waals surface area (Å²) in [5.74, 6) is 0.577. The Morgan fingerprint density at radius 3 is 2.68 bits per heavy atom. The molecule has 0 saturated heterocycles. The smallest absolute Gasteiger partial charge is 0.191 e. The second-order valence-corrected chi connectivity index (χ2v) is 5.21. The molecule has 4 nitrogen and oxygen atoms in total. The van der Waals surface area contributed by atoms with Crippen molar-refractivity contribution in [1.82, 2.24) is 10.6 Å². The van der Waals surface area contributed by atoms with E-state index in [-0.39, 0.29) is 5.82 Å². The van der Waals surface area contributed by atoms with Crippen LogP contribution in [-0.4, -0.2) is 39.3 Å².